The first kappa shape index (κ1) is 14.8. The molecule has 21 heavy (non-hydrogen) atoms. The minimum Gasteiger partial charge on any atom is -0.308 e. The van der Waals surface area contributed by atoms with Gasteiger partial charge in [-0.2, -0.15) is 0 Å². The van der Waals surface area contributed by atoms with Gasteiger partial charge in [-0.15, -0.1) is 0 Å². The van der Waals surface area contributed by atoms with Gasteiger partial charge in [0.1, 0.15) is 0 Å². The number of Topliss-reactive ketones (excluding diaryl/α,β-unsaturated/α-hetero) is 1. The Morgan fingerprint density at radius 1 is 1.05 bits per heavy atom. The summed E-state index contributed by atoms with van der Waals surface area (Å²) in [6.45, 7) is 3.50. The molecule has 0 bridgehead atoms. The van der Waals surface area contributed by atoms with E-state index in [2.05, 4.69) is 5.32 Å². The molecule has 1 N–H and O–H groups in total. The van der Waals surface area contributed by atoms with Crippen molar-refractivity contribution in [1.82, 2.24) is 0 Å². The highest BCUT2D eigenvalue weighted by molar-refractivity contribution is 6.02. The van der Waals surface area contributed by atoms with Crippen molar-refractivity contribution in [3.63, 3.8) is 0 Å². The number of aryl methyl sites for hydroxylation is 1. The van der Waals surface area contributed by atoms with E-state index in [0.29, 0.717) is 11.3 Å². The minimum absolute atomic E-state index is 0.0296. The largest absolute Gasteiger partial charge is 0.326 e. The molecule has 2 rings (SSSR count). The molecule has 2 amide bonds. The zero-order chi connectivity index (χ0) is 15.4. The van der Waals surface area contributed by atoms with Crippen molar-refractivity contribution in [2.24, 2.45) is 0 Å². The summed E-state index contributed by atoms with van der Waals surface area (Å²) in [5, 5.41) is 2.78. The van der Waals surface area contributed by atoms with Gasteiger partial charge < -0.3 is 5.32 Å². The molecular weight excluding hydrogens is 264 g/mol. The van der Waals surface area contributed by atoms with Crippen molar-refractivity contribution in [1.29, 1.82) is 0 Å². The van der Waals surface area contributed by atoms with Crippen molar-refractivity contribution in [2.45, 2.75) is 13.8 Å². The average molecular weight is 282 g/mol. The van der Waals surface area contributed by atoms with Crippen LogP contribution in [0.4, 0.5) is 16.2 Å². The summed E-state index contributed by atoms with van der Waals surface area (Å²) in [4.78, 5) is 25.1. The third-order valence-corrected chi connectivity index (χ3v) is 3.25. The van der Waals surface area contributed by atoms with Crippen LogP contribution in [0.5, 0.6) is 0 Å². The molecule has 0 fully saturated rings. The molecule has 0 aliphatic heterocycles. The minimum atomic E-state index is -0.250. The molecule has 0 spiro atoms. The van der Waals surface area contributed by atoms with Crippen LogP contribution in [0.25, 0.3) is 0 Å². The van der Waals surface area contributed by atoms with E-state index in [-0.39, 0.29) is 11.8 Å². The monoisotopic (exact) mass is 282 g/mol. The first-order chi connectivity index (χ1) is 9.97. The normalized spacial score (nSPS) is 10.0. The fourth-order valence-corrected chi connectivity index (χ4v) is 1.91. The molecule has 2 aromatic rings. The first-order valence-corrected chi connectivity index (χ1v) is 6.70. The molecule has 108 valence electrons. The van der Waals surface area contributed by atoms with Crippen LogP contribution in [0.15, 0.2) is 48.5 Å². The van der Waals surface area contributed by atoms with Crippen LogP contribution in [-0.2, 0) is 0 Å². The summed E-state index contributed by atoms with van der Waals surface area (Å²) in [6, 6.07) is 14.3. The van der Waals surface area contributed by atoms with Gasteiger partial charge in [0, 0.05) is 24.0 Å². The highest BCUT2D eigenvalue weighted by Crippen LogP contribution is 2.16. The van der Waals surface area contributed by atoms with Gasteiger partial charge in [0.15, 0.2) is 5.78 Å². The van der Waals surface area contributed by atoms with Crippen LogP contribution in [-0.4, -0.2) is 18.9 Å². The first-order valence-electron chi connectivity index (χ1n) is 6.70. The molecule has 0 radical (unpaired) electrons. The summed E-state index contributed by atoms with van der Waals surface area (Å²) in [5.74, 6) is -0.0296. The Labute approximate surface area is 124 Å². The Morgan fingerprint density at radius 2 is 1.71 bits per heavy atom. The molecule has 0 aliphatic carbocycles. The number of urea groups is 1. The van der Waals surface area contributed by atoms with Gasteiger partial charge in [0.25, 0.3) is 0 Å². The fraction of sp³-hybridized carbons (Fsp3) is 0.176. The molecule has 0 aliphatic rings. The van der Waals surface area contributed by atoms with Crippen molar-refractivity contribution in [3.05, 3.63) is 59.7 Å². The number of carbonyl (C=O) groups is 2. The van der Waals surface area contributed by atoms with Gasteiger partial charge in [0.05, 0.1) is 0 Å². The molecule has 0 unspecified atom stereocenters. The van der Waals surface area contributed by atoms with Gasteiger partial charge in [-0.1, -0.05) is 29.8 Å². The summed E-state index contributed by atoms with van der Waals surface area (Å²) in [5.41, 5.74) is 3.12. The number of nitrogens with zero attached hydrogens (tertiary/aromatic N) is 1. The number of benzene rings is 2. The van der Waals surface area contributed by atoms with E-state index in [4.69, 9.17) is 0 Å². The molecule has 0 saturated carbocycles. The van der Waals surface area contributed by atoms with Crippen LogP contribution in [0, 0.1) is 6.92 Å². The smallest absolute Gasteiger partial charge is 0.308 e. The maximum Gasteiger partial charge on any atom is 0.326 e. The lowest BCUT2D eigenvalue weighted by Crippen LogP contribution is -2.31. The summed E-state index contributed by atoms with van der Waals surface area (Å²) in [7, 11) is 1.70. The van der Waals surface area contributed by atoms with E-state index in [1.165, 1.54) is 11.8 Å². The van der Waals surface area contributed by atoms with Crippen LogP contribution in [0.3, 0.4) is 0 Å². The maximum absolute atomic E-state index is 12.2. The third kappa shape index (κ3) is 3.69. The van der Waals surface area contributed by atoms with E-state index in [1.807, 2.05) is 31.2 Å². The Balaban J connectivity index is 2.12. The number of rotatable bonds is 3. The molecule has 0 aromatic heterocycles. The maximum atomic E-state index is 12.2. The Kier molecular flexibility index (Phi) is 4.38. The number of ketones is 1. The molecule has 0 saturated heterocycles. The topological polar surface area (TPSA) is 49.4 Å². The van der Waals surface area contributed by atoms with Gasteiger partial charge in [-0.3, -0.25) is 9.69 Å². The molecule has 4 heteroatoms. The zero-order valence-corrected chi connectivity index (χ0v) is 12.4. The van der Waals surface area contributed by atoms with Crippen LogP contribution in [0.1, 0.15) is 22.8 Å². The highest BCUT2D eigenvalue weighted by Gasteiger charge is 2.11. The predicted molar refractivity (Wildman–Crippen MR) is 85.0 cm³/mol. The lowest BCUT2D eigenvalue weighted by molar-refractivity contribution is 0.101. The molecule has 4 nitrogen and oxygen atoms in total. The van der Waals surface area contributed by atoms with Gasteiger partial charge in [0.2, 0.25) is 0 Å². The second-order valence-corrected chi connectivity index (χ2v) is 4.96. The number of hydrogen-bond donors (Lipinski definition) is 1. The SMILES string of the molecule is CC(=O)c1cccc(NC(=O)N(C)c2ccc(C)cc2)c1. The van der Waals surface area contributed by atoms with E-state index >= 15 is 0 Å². The Morgan fingerprint density at radius 3 is 2.33 bits per heavy atom. The van der Waals surface area contributed by atoms with Gasteiger partial charge >= 0.3 is 6.03 Å². The summed E-state index contributed by atoms with van der Waals surface area (Å²) < 4.78 is 0. The van der Waals surface area contributed by atoms with Crippen molar-refractivity contribution in [3.8, 4) is 0 Å². The zero-order valence-electron chi connectivity index (χ0n) is 12.4. The second kappa shape index (κ2) is 6.22. The van der Waals surface area contributed by atoms with E-state index in [0.717, 1.165) is 11.3 Å². The standard InChI is InChI=1S/C17H18N2O2/c1-12-7-9-16(10-8-12)19(3)17(21)18-15-6-4-5-14(11-15)13(2)20/h4-11H,1-3H3,(H,18,21). The number of hydrogen-bond acceptors (Lipinski definition) is 2. The number of nitrogens with one attached hydrogen (secondary N) is 1. The Bertz CT molecular complexity index is 663. The summed E-state index contributed by atoms with van der Waals surface area (Å²) in [6.07, 6.45) is 0. The predicted octanol–water partition coefficient (Wildman–Crippen LogP) is 3.87. The fourth-order valence-electron chi connectivity index (χ4n) is 1.91. The number of amides is 2. The van der Waals surface area contributed by atoms with E-state index < -0.39 is 0 Å². The molecule has 0 heterocycles. The second-order valence-electron chi connectivity index (χ2n) is 4.96. The van der Waals surface area contributed by atoms with Crippen molar-refractivity contribution in [2.75, 3.05) is 17.3 Å². The van der Waals surface area contributed by atoms with Crippen molar-refractivity contribution < 1.29 is 9.59 Å². The molecule has 2 aromatic carbocycles. The lowest BCUT2D eigenvalue weighted by atomic mass is 10.1. The van der Waals surface area contributed by atoms with Crippen LogP contribution >= 0.6 is 0 Å². The van der Waals surface area contributed by atoms with E-state index in [1.54, 1.807) is 31.3 Å². The third-order valence-electron chi connectivity index (χ3n) is 3.25. The summed E-state index contributed by atoms with van der Waals surface area (Å²) >= 11 is 0. The number of anilines is 2. The van der Waals surface area contributed by atoms with Crippen LogP contribution < -0.4 is 10.2 Å². The average Bonchev–Trinajstić information content (AvgIpc) is 2.47. The van der Waals surface area contributed by atoms with Gasteiger partial charge in [-0.25, -0.2) is 4.79 Å². The van der Waals surface area contributed by atoms with E-state index in [9.17, 15) is 9.59 Å². The number of carbonyl (C=O) groups excluding carboxylic acids is 2. The van der Waals surface area contributed by atoms with Crippen molar-refractivity contribution >= 4 is 23.2 Å². The van der Waals surface area contributed by atoms with Gasteiger partial charge in [-0.05, 0) is 38.1 Å². The molecule has 0 atom stereocenters. The molecular formula is C17H18N2O2. The quantitative estimate of drug-likeness (QED) is 0.869. The highest BCUT2D eigenvalue weighted by atomic mass is 16.2. The lowest BCUT2D eigenvalue weighted by Gasteiger charge is -2.18. The Hall–Kier alpha value is -2.62. The van der Waals surface area contributed by atoms with Crippen LogP contribution in [0.2, 0.25) is 0 Å².